The first kappa shape index (κ1) is 19.6. The van der Waals surface area contributed by atoms with E-state index in [-0.39, 0.29) is 5.91 Å². The van der Waals surface area contributed by atoms with E-state index in [0.717, 1.165) is 71.3 Å². The third kappa shape index (κ3) is 4.01. The Labute approximate surface area is 171 Å². The standard InChI is InChI=1S/C21H31N5OS/c1-14-17-19(26-12-10-25(3)11-13-26)22-15(2)23-21(17)28-18(14)20(27)24-16-8-6-4-5-7-9-16/h16H,4-13H2,1-3H3,(H,24,27). The van der Waals surface area contributed by atoms with Gasteiger partial charge in [0.2, 0.25) is 0 Å². The molecule has 4 rings (SSSR count). The number of rotatable bonds is 3. The Balaban J connectivity index is 1.64. The van der Waals surface area contributed by atoms with Crippen molar-refractivity contribution in [3.8, 4) is 0 Å². The van der Waals surface area contributed by atoms with Crippen molar-refractivity contribution in [2.75, 3.05) is 38.1 Å². The molecule has 2 aromatic rings. The summed E-state index contributed by atoms with van der Waals surface area (Å²) in [6.07, 6.45) is 7.21. The molecular formula is C21H31N5OS. The monoisotopic (exact) mass is 401 g/mol. The Kier molecular flexibility index (Phi) is 5.83. The van der Waals surface area contributed by atoms with Gasteiger partial charge in [-0.25, -0.2) is 9.97 Å². The van der Waals surface area contributed by atoms with E-state index in [1.54, 1.807) is 0 Å². The lowest BCUT2D eigenvalue weighted by Crippen LogP contribution is -2.45. The van der Waals surface area contributed by atoms with Gasteiger partial charge in [0.05, 0.1) is 10.3 Å². The molecule has 2 aliphatic rings. The SMILES string of the molecule is Cc1nc(N2CCN(C)CC2)c2c(C)c(C(=O)NC3CCCCCC3)sc2n1. The van der Waals surface area contributed by atoms with Crippen LogP contribution in [0.3, 0.4) is 0 Å². The number of anilines is 1. The molecule has 152 valence electrons. The Morgan fingerprint density at radius 2 is 1.71 bits per heavy atom. The predicted molar refractivity (Wildman–Crippen MR) is 116 cm³/mol. The number of aryl methyl sites for hydroxylation is 2. The number of thiophene rings is 1. The van der Waals surface area contributed by atoms with Crippen molar-refractivity contribution in [3.05, 3.63) is 16.3 Å². The molecule has 2 aromatic heterocycles. The topological polar surface area (TPSA) is 61.4 Å². The Hall–Kier alpha value is -1.73. The van der Waals surface area contributed by atoms with E-state index in [9.17, 15) is 4.79 Å². The number of nitrogens with one attached hydrogen (secondary N) is 1. The van der Waals surface area contributed by atoms with Gasteiger partial charge in [0, 0.05) is 32.2 Å². The van der Waals surface area contributed by atoms with Crippen LogP contribution in [0.5, 0.6) is 0 Å². The van der Waals surface area contributed by atoms with Crippen molar-refractivity contribution in [1.82, 2.24) is 20.2 Å². The summed E-state index contributed by atoms with van der Waals surface area (Å²) in [5, 5.41) is 4.36. The van der Waals surface area contributed by atoms with Gasteiger partial charge in [-0.3, -0.25) is 4.79 Å². The molecule has 28 heavy (non-hydrogen) atoms. The summed E-state index contributed by atoms with van der Waals surface area (Å²) in [6.45, 7) is 7.98. The molecule has 1 aliphatic carbocycles. The zero-order valence-electron chi connectivity index (χ0n) is 17.3. The first-order valence-electron chi connectivity index (χ1n) is 10.5. The molecule has 1 N–H and O–H groups in total. The lowest BCUT2D eigenvalue weighted by Gasteiger charge is -2.33. The molecule has 0 atom stereocenters. The lowest BCUT2D eigenvalue weighted by atomic mass is 10.1. The van der Waals surface area contributed by atoms with Crippen molar-refractivity contribution in [3.63, 3.8) is 0 Å². The van der Waals surface area contributed by atoms with Gasteiger partial charge in [0.25, 0.3) is 5.91 Å². The van der Waals surface area contributed by atoms with Gasteiger partial charge in [-0.1, -0.05) is 25.7 Å². The van der Waals surface area contributed by atoms with Gasteiger partial charge in [0.1, 0.15) is 16.5 Å². The quantitative estimate of drug-likeness (QED) is 0.798. The fourth-order valence-electron chi connectivity index (χ4n) is 4.36. The smallest absolute Gasteiger partial charge is 0.261 e. The minimum Gasteiger partial charge on any atom is -0.353 e. The van der Waals surface area contributed by atoms with Crippen LogP contribution < -0.4 is 10.2 Å². The summed E-state index contributed by atoms with van der Waals surface area (Å²) in [5.41, 5.74) is 1.03. The van der Waals surface area contributed by atoms with Gasteiger partial charge >= 0.3 is 0 Å². The molecule has 0 aromatic carbocycles. The zero-order chi connectivity index (χ0) is 19.7. The normalized spacial score (nSPS) is 19.8. The average molecular weight is 402 g/mol. The average Bonchev–Trinajstić information content (AvgIpc) is 2.83. The van der Waals surface area contributed by atoms with Gasteiger partial charge in [-0.15, -0.1) is 11.3 Å². The fourth-order valence-corrected chi connectivity index (χ4v) is 5.48. The van der Waals surface area contributed by atoms with Gasteiger partial charge < -0.3 is 15.1 Å². The van der Waals surface area contributed by atoms with E-state index in [4.69, 9.17) is 4.98 Å². The largest absolute Gasteiger partial charge is 0.353 e. The predicted octanol–water partition coefficient (Wildman–Crippen LogP) is 3.51. The molecule has 6 nitrogen and oxygen atoms in total. The number of hydrogen-bond acceptors (Lipinski definition) is 6. The lowest BCUT2D eigenvalue weighted by molar-refractivity contribution is 0.0937. The number of piperazine rings is 1. The van der Waals surface area contributed by atoms with Crippen LogP contribution in [0.25, 0.3) is 10.2 Å². The molecule has 0 radical (unpaired) electrons. The molecule has 1 saturated heterocycles. The van der Waals surface area contributed by atoms with Crippen LogP contribution in [0.1, 0.15) is 59.6 Å². The van der Waals surface area contributed by atoms with Crippen LogP contribution in [-0.4, -0.2) is 60.0 Å². The van der Waals surface area contributed by atoms with E-state index < -0.39 is 0 Å². The van der Waals surface area contributed by atoms with Crippen molar-refractivity contribution < 1.29 is 4.79 Å². The molecule has 0 unspecified atom stereocenters. The first-order chi connectivity index (χ1) is 13.5. The summed E-state index contributed by atoms with van der Waals surface area (Å²) in [5.74, 6) is 1.84. The first-order valence-corrected chi connectivity index (χ1v) is 11.4. The molecule has 0 spiro atoms. The molecule has 1 amide bonds. The maximum Gasteiger partial charge on any atom is 0.261 e. The molecular weight excluding hydrogens is 370 g/mol. The minimum atomic E-state index is 0.0642. The van der Waals surface area contributed by atoms with E-state index >= 15 is 0 Å². The van der Waals surface area contributed by atoms with Crippen molar-refractivity contribution in [2.24, 2.45) is 0 Å². The Bertz CT molecular complexity index is 848. The third-order valence-corrected chi connectivity index (χ3v) is 7.27. The number of hydrogen-bond donors (Lipinski definition) is 1. The summed E-state index contributed by atoms with van der Waals surface area (Å²) in [6, 6.07) is 0.310. The second-order valence-corrected chi connectivity index (χ2v) is 9.28. The van der Waals surface area contributed by atoms with Gasteiger partial charge in [0.15, 0.2) is 0 Å². The van der Waals surface area contributed by atoms with Crippen LogP contribution in [0.4, 0.5) is 5.82 Å². The summed E-state index contributed by atoms with van der Waals surface area (Å²) < 4.78 is 0. The summed E-state index contributed by atoms with van der Waals surface area (Å²) in [7, 11) is 2.16. The van der Waals surface area contributed by atoms with Crippen molar-refractivity contribution in [2.45, 2.75) is 58.4 Å². The van der Waals surface area contributed by atoms with Crippen molar-refractivity contribution >= 4 is 33.3 Å². The highest BCUT2D eigenvalue weighted by Crippen LogP contribution is 2.36. The number of fused-ring (bicyclic) bond motifs is 1. The second-order valence-electron chi connectivity index (χ2n) is 8.28. The van der Waals surface area contributed by atoms with E-state index in [2.05, 4.69) is 34.1 Å². The molecule has 3 heterocycles. The molecule has 2 fully saturated rings. The second kappa shape index (κ2) is 8.33. The van der Waals surface area contributed by atoms with Gasteiger partial charge in [-0.2, -0.15) is 0 Å². The van der Waals surface area contributed by atoms with Crippen LogP contribution in [0.15, 0.2) is 0 Å². The fraction of sp³-hybridized carbons (Fsp3) is 0.667. The van der Waals surface area contributed by atoms with Crippen LogP contribution in [-0.2, 0) is 0 Å². The number of aromatic nitrogens is 2. The summed E-state index contributed by atoms with van der Waals surface area (Å²) in [4.78, 5) is 28.9. The molecule has 7 heteroatoms. The van der Waals surface area contributed by atoms with E-state index in [1.807, 2.05) is 6.92 Å². The number of carbonyl (C=O) groups excluding carboxylic acids is 1. The number of likely N-dealkylation sites (N-methyl/N-ethyl adjacent to an activating group) is 1. The van der Waals surface area contributed by atoms with Crippen LogP contribution in [0.2, 0.25) is 0 Å². The number of amides is 1. The maximum absolute atomic E-state index is 13.1. The zero-order valence-corrected chi connectivity index (χ0v) is 18.1. The molecule has 1 saturated carbocycles. The highest BCUT2D eigenvalue weighted by molar-refractivity contribution is 7.20. The number of carbonyl (C=O) groups is 1. The summed E-state index contributed by atoms with van der Waals surface area (Å²) >= 11 is 1.52. The minimum absolute atomic E-state index is 0.0642. The molecule has 0 bridgehead atoms. The molecule has 1 aliphatic heterocycles. The Morgan fingerprint density at radius 1 is 1.04 bits per heavy atom. The van der Waals surface area contributed by atoms with Crippen molar-refractivity contribution in [1.29, 1.82) is 0 Å². The highest BCUT2D eigenvalue weighted by atomic mass is 32.1. The number of nitrogens with zero attached hydrogens (tertiary/aromatic N) is 4. The third-order valence-electron chi connectivity index (χ3n) is 6.08. The van der Waals surface area contributed by atoms with Gasteiger partial charge in [-0.05, 0) is 39.3 Å². The Morgan fingerprint density at radius 3 is 2.39 bits per heavy atom. The van der Waals surface area contributed by atoms with E-state index in [1.165, 1.54) is 37.0 Å². The van der Waals surface area contributed by atoms with E-state index in [0.29, 0.717) is 6.04 Å². The van der Waals surface area contributed by atoms with Crippen LogP contribution in [0, 0.1) is 13.8 Å². The highest BCUT2D eigenvalue weighted by Gasteiger charge is 2.25. The van der Waals surface area contributed by atoms with Crippen LogP contribution >= 0.6 is 11.3 Å². The maximum atomic E-state index is 13.1.